The van der Waals surface area contributed by atoms with Crippen molar-refractivity contribution in [2.75, 3.05) is 0 Å². The SMILES string of the molecule is FC(F)(F)c1cc(CBr)ccc1OCc1cccs1. The summed E-state index contributed by atoms with van der Waals surface area (Å²) in [6, 6.07) is 7.76. The van der Waals surface area contributed by atoms with Gasteiger partial charge in [0.2, 0.25) is 0 Å². The summed E-state index contributed by atoms with van der Waals surface area (Å²) in [5.74, 6) is -0.134. The Bertz CT molecular complexity index is 537. The Labute approximate surface area is 121 Å². The fourth-order valence-corrected chi connectivity index (χ4v) is 2.52. The van der Waals surface area contributed by atoms with Crippen LogP contribution in [0.1, 0.15) is 16.0 Å². The molecule has 0 fully saturated rings. The van der Waals surface area contributed by atoms with Crippen LogP contribution in [0.5, 0.6) is 5.75 Å². The van der Waals surface area contributed by atoms with Crippen molar-refractivity contribution in [2.24, 2.45) is 0 Å². The van der Waals surface area contributed by atoms with E-state index in [1.54, 1.807) is 6.07 Å². The molecule has 1 aromatic heterocycles. The Morgan fingerprint density at radius 1 is 1.21 bits per heavy atom. The Morgan fingerprint density at radius 3 is 2.58 bits per heavy atom. The molecule has 19 heavy (non-hydrogen) atoms. The van der Waals surface area contributed by atoms with Gasteiger partial charge in [-0.25, -0.2) is 0 Å². The first-order valence-corrected chi connectivity index (χ1v) is 7.42. The Kier molecular flexibility index (Phi) is 4.52. The third-order valence-electron chi connectivity index (χ3n) is 2.45. The van der Waals surface area contributed by atoms with Crippen LogP contribution < -0.4 is 4.74 Å². The second-order valence-corrected chi connectivity index (χ2v) is 5.42. The number of rotatable bonds is 4. The van der Waals surface area contributed by atoms with Crippen molar-refractivity contribution in [3.8, 4) is 5.75 Å². The van der Waals surface area contributed by atoms with Gasteiger partial charge in [0.05, 0.1) is 5.56 Å². The van der Waals surface area contributed by atoms with Crippen LogP contribution in [0.4, 0.5) is 13.2 Å². The highest BCUT2D eigenvalue weighted by Gasteiger charge is 2.34. The quantitative estimate of drug-likeness (QED) is 0.685. The third kappa shape index (κ3) is 3.73. The van der Waals surface area contributed by atoms with Crippen LogP contribution >= 0.6 is 27.3 Å². The van der Waals surface area contributed by atoms with Gasteiger partial charge in [0.25, 0.3) is 0 Å². The number of hydrogen-bond donors (Lipinski definition) is 0. The molecule has 0 N–H and O–H groups in total. The van der Waals surface area contributed by atoms with Crippen LogP contribution in [-0.2, 0) is 18.1 Å². The Hall–Kier alpha value is -1.01. The van der Waals surface area contributed by atoms with Gasteiger partial charge >= 0.3 is 6.18 Å². The molecule has 0 aliphatic rings. The van der Waals surface area contributed by atoms with Gasteiger partial charge in [0, 0.05) is 10.2 Å². The molecule has 0 atom stereocenters. The van der Waals surface area contributed by atoms with Crippen LogP contribution in [0.25, 0.3) is 0 Å². The minimum absolute atomic E-state index is 0.134. The van der Waals surface area contributed by atoms with Crippen LogP contribution in [0.3, 0.4) is 0 Å². The lowest BCUT2D eigenvalue weighted by atomic mass is 10.1. The highest BCUT2D eigenvalue weighted by atomic mass is 79.9. The van der Waals surface area contributed by atoms with E-state index in [0.717, 1.165) is 10.9 Å². The predicted octanol–water partition coefficient (Wildman–Crippen LogP) is 5.24. The number of thiophene rings is 1. The average molecular weight is 351 g/mol. The van der Waals surface area contributed by atoms with E-state index < -0.39 is 11.7 Å². The standard InChI is InChI=1S/C13H10BrF3OS/c14-7-9-3-4-12(11(6-9)13(15,16)17)18-8-10-2-1-5-19-10/h1-6H,7-8H2. The average Bonchev–Trinajstić information content (AvgIpc) is 2.88. The van der Waals surface area contributed by atoms with E-state index in [1.807, 2.05) is 17.5 Å². The lowest BCUT2D eigenvalue weighted by Gasteiger charge is -2.14. The molecule has 6 heteroatoms. The van der Waals surface area contributed by atoms with E-state index in [2.05, 4.69) is 15.9 Å². The molecule has 0 unspecified atom stereocenters. The normalized spacial score (nSPS) is 11.6. The zero-order valence-corrected chi connectivity index (χ0v) is 12.1. The molecular weight excluding hydrogens is 341 g/mol. The van der Waals surface area contributed by atoms with Crippen molar-refractivity contribution < 1.29 is 17.9 Å². The summed E-state index contributed by atoms with van der Waals surface area (Å²) in [6.07, 6.45) is -4.41. The molecule has 0 amide bonds. The molecule has 0 aliphatic carbocycles. The van der Waals surface area contributed by atoms with Crippen molar-refractivity contribution in [2.45, 2.75) is 18.1 Å². The van der Waals surface area contributed by atoms with Gasteiger partial charge < -0.3 is 4.74 Å². The fraction of sp³-hybridized carbons (Fsp3) is 0.231. The number of alkyl halides is 4. The molecule has 1 nitrogen and oxygen atoms in total. The van der Waals surface area contributed by atoms with Crippen LogP contribution in [0.15, 0.2) is 35.7 Å². The third-order valence-corrected chi connectivity index (χ3v) is 3.95. The molecule has 0 bridgehead atoms. The van der Waals surface area contributed by atoms with Crippen molar-refractivity contribution in [1.82, 2.24) is 0 Å². The highest BCUT2D eigenvalue weighted by Crippen LogP contribution is 2.37. The number of ether oxygens (including phenoxy) is 1. The zero-order valence-electron chi connectivity index (χ0n) is 9.71. The predicted molar refractivity (Wildman–Crippen MR) is 72.7 cm³/mol. The lowest BCUT2D eigenvalue weighted by Crippen LogP contribution is -2.09. The molecule has 0 radical (unpaired) electrons. The molecular formula is C13H10BrF3OS. The van der Waals surface area contributed by atoms with Crippen molar-refractivity contribution in [3.05, 3.63) is 51.7 Å². The number of benzene rings is 1. The van der Waals surface area contributed by atoms with Crippen molar-refractivity contribution >= 4 is 27.3 Å². The largest absolute Gasteiger partial charge is 0.487 e. The molecule has 2 aromatic rings. The smallest absolute Gasteiger partial charge is 0.419 e. The summed E-state index contributed by atoms with van der Waals surface area (Å²) >= 11 is 4.60. The van der Waals surface area contributed by atoms with Gasteiger partial charge in [-0.3, -0.25) is 0 Å². The maximum absolute atomic E-state index is 12.9. The second kappa shape index (κ2) is 5.96. The van der Waals surface area contributed by atoms with Crippen molar-refractivity contribution in [3.63, 3.8) is 0 Å². The van der Waals surface area contributed by atoms with E-state index in [-0.39, 0.29) is 12.4 Å². The monoisotopic (exact) mass is 350 g/mol. The highest BCUT2D eigenvalue weighted by molar-refractivity contribution is 9.08. The molecule has 1 heterocycles. The minimum atomic E-state index is -4.41. The first-order chi connectivity index (χ1) is 9.00. The molecule has 0 saturated heterocycles. The van der Waals surface area contributed by atoms with Gasteiger partial charge in [0.1, 0.15) is 12.4 Å². The van der Waals surface area contributed by atoms with Crippen molar-refractivity contribution in [1.29, 1.82) is 0 Å². The number of halogens is 4. The molecule has 0 aliphatic heterocycles. The van der Waals surface area contributed by atoms with E-state index in [9.17, 15) is 13.2 Å². The topological polar surface area (TPSA) is 9.23 Å². The van der Waals surface area contributed by atoms with E-state index >= 15 is 0 Å². The summed E-state index contributed by atoms with van der Waals surface area (Å²) in [6.45, 7) is 0.147. The van der Waals surface area contributed by atoms with E-state index in [0.29, 0.717) is 10.9 Å². The summed E-state index contributed by atoms with van der Waals surface area (Å²) in [5, 5.41) is 2.23. The molecule has 102 valence electrons. The molecule has 2 rings (SSSR count). The Balaban J connectivity index is 2.23. The van der Waals surface area contributed by atoms with Gasteiger partial charge in [-0.1, -0.05) is 28.1 Å². The molecule has 1 aromatic carbocycles. The lowest BCUT2D eigenvalue weighted by molar-refractivity contribution is -0.139. The summed E-state index contributed by atoms with van der Waals surface area (Å²) < 4.78 is 44.1. The summed E-state index contributed by atoms with van der Waals surface area (Å²) in [4.78, 5) is 0.887. The van der Waals surface area contributed by atoms with Gasteiger partial charge in [-0.15, -0.1) is 11.3 Å². The maximum atomic E-state index is 12.9. The molecule has 0 saturated carbocycles. The second-order valence-electron chi connectivity index (χ2n) is 3.83. The van der Waals surface area contributed by atoms with Gasteiger partial charge in [-0.2, -0.15) is 13.2 Å². The first kappa shape index (κ1) is 14.4. The maximum Gasteiger partial charge on any atom is 0.419 e. The summed E-state index contributed by atoms with van der Waals surface area (Å²) in [7, 11) is 0. The van der Waals surface area contributed by atoms with Gasteiger partial charge in [-0.05, 0) is 29.1 Å². The Morgan fingerprint density at radius 2 is 2.00 bits per heavy atom. The summed E-state index contributed by atoms with van der Waals surface area (Å²) in [5.41, 5.74) is -0.170. The fourth-order valence-electron chi connectivity index (χ4n) is 1.55. The number of hydrogen-bond acceptors (Lipinski definition) is 2. The minimum Gasteiger partial charge on any atom is -0.487 e. The van der Waals surface area contributed by atoms with Crippen LogP contribution in [0.2, 0.25) is 0 Å². The van der Waals surface area contributed by atoms with Crippen LogP contribution in [-0.4, -0.2) is 0 Å². The zero-order chi connectivity index (χ0) is 13.9. The molecule has 0 spiro atoms. The first-order valence-electron chi connectivity index (χ1n) is 5.42. The van der Waals surface area contributed by atoms with E-state index in [1.165, 1.54) is 17.4 Å². The van der Waals surface area contributed by atoms with E-state index in [4.69, 9.17) is 4.74 Å². The van der Waals surface area contributed by atoms with Gasteiger partial charge in [0.15, 0.2) is 0 Å². The van der Waals surface area contributed by atoms with Crippen LogP contribution in [0, 0.1) is 0 Å².